The number of rotatable bonds is 12. The first-order valence-electron chi connectivity index (χ1n) is 7.90. The smallest absolute Gasteiger partial charge is 0.147 e. The molecule has 0 aliphatic rings. The van der Waals surface area contributed by atoms with Crippen LogP contribution in [0.4, 0.5) is 0 Å². The lowest BCUT2D eigenvalue weighted by atomic mass is 9.85. The summed E-state index contributed by atoms with van der Waals surface area (Å²) in [5.74, 6) is 0.257. The monoisotopic (exact) mass is 307 g/mol. The van der Waals surface area contributed by atoms with Gasteiger partial charge in [0.2, 0.25) is 0 Å². The van der Waals surface area contributed by atoms with Gasteiger partial charge in [-0.3, -0.25) is 0 Å². The zero-order chi connectivity index (χ0) is 15.6. The molecule has 5 heteroatoms. The Morgan fingerprint density at radius 1 is 1.15 bits per heavy atom. The van der Waals surface area contributed by atoms with Crippen molar-refractivity contribution in [2.75, 3.05) is 25.2 Å². The van der Waals surface area contributed by atoms with Crippen molar-refractivity contribution in [2.45, 2.75) is 71.4 Å². The van der Waals surface area contributed by atoms with Gasteiger partial charge in [0.1, 0.15) is 9.84 Å². The minimum Gasteiger partial charge on any atom is -0.374 e. The van der Waals surface area contributed by atoms with Crippen LogP contribution < -0.4 is 5.32 Å². The summed E-state index contributed by atoms with van der Waals surface area (Å²) >= 11 is 0. The number of hydrogen-bond acceptors (Lipinski definition) is 4. The van der Waals surface area contributed by atoms with Crippen LogP contribution in [0.1, 0.15) is 59.8 Å². The third kappa shape index (κ3) is 7.04. The normalized spacial score (nSPS) is 14.4. The Labute approximate surface area is 125 Å². The van der Waals surface area contributed by atoms with Crippen molar-refractivity contribution in [2.24, 2.45) is 0 Å². The highest BCUT2D eigenvalue weighted by Gasteiger charge is 2.35. The number of nitrogens with one attached hydrogen (secondary N) is 1. The van der Waals surface area contributed by atoms with Gasteiger partial charge in [-0.1, -0.05) is 20.8 Å². The van der Waals surface area contributed by atoms with Gasteiger partial charge in [-0.15, -0.1) is 0 Å². The zero-order valence-corrected chi connectivity index (χ0v) is 14.7. The van der Waals surface area contributed by atoms with Crippen LogP contribution in [0.25, 0.3) is 0 Å². The van der Waals surface area contributed by atoms with E-state index < -0.39 is 9.84 Å². The highest BCUT2D eigenvalue weighted by atomic mass is 32.2. The van der Waals surface area contributed by atoms with Gasteiger partial charge in [0.15, 0.2) is 0 Å². The standard InChI is InChI=1S/C15H33NO3S/c1-6-12-16-14(11-10-13-20(5,17)18)15(7-2,8-3)19-9-4/h14,16H,6-13H2,1-5H3. The predicted octanol–water partition coefficient (Wildman–Crippen LogP) is 2.77. The third-order valence-corrected chi connectivity index (χ3v) is 4.94. The zero-order valence-electron chi connectivity index (χ0n) is 13.9. The van der Waals surface area contributed by atoms with Crippen LogP contribution in [0.3, 0.4) is 0 Å². The fourth-order valence-electron chi connectivity index (χ4n) is 2.75. The van der Waals surface area contributed by atoms with E-state index in [-0.39, 0.29) is 17.4 Å². The van der Waals surface area contributed by atoms with Gasteiger partial charge in [-0.2, -0.15) is 0 Å². The van der Waals surface area contributed by atoms with Gasteiger partial charge in [0, 0.05) is 24.7 Å². The average molecular weight is 308 g/mol. The first kappa shape index (κ1) is 19.9. The summed E-state index contributed by atoms with van der Waals surface area (Å²) in [4.78, 5) is 0. The average Bonchev–Trinajstić information content (AvgIpc) is 2.39. The van der Waals surface area contributed by atoms with E-state index in [1.807, 2.05) is 6.92 Å². The fraction of sp³-hybridized carbons (Fsp3) is 1.00. The van der Waals surface area contributed by atoms with Crippen LogP contribution in [-0.4, -0.2) is 45.2 Å². The molecule has 0 amide bonds. The van der Waals surface area contributed by atoms with E-state index in [0.717, 1.165) is 32.2 Å². The maximum absolute atomic E-state index is 11.3. The molecule has 0 heterocycles. The summed E-state index contributed by atoms with van der Waals surface area (Å²) in [6.45, 7) is 10.1. The Kier molecular flexibility index (Phi) is 9.68. The van der Waals surface area contributed by atoms with E-state index in [0.29, 0.717) is 13.0 Å². The van der Waals surface area contributed by atoms with Crippen LogP contribution in [0.5, 0.6) is 0 Å². The molecule has 0 rings (SSSR count). The van der Waals surface area contributed by atoms with Crippen molar-refractivity contribution in [3.63, 3.8) is 0 Å². The molecule has 0 fully saturated rings. The van der Waals surface area contributed by atoms with Gasteiger partial charge in [-0.05, 0) is 45.6 Å². The highest BCUT2D eigenvalue weighted by molar-refractivity contribution is 7.90. The van der Waals surface area contributed by atoms with E-state index in [4.69, 9.17) is 4.74 Å². The predicted molar refractivity (Wildman–Crippen MR) is 86.0 cm³/mol. The van der Waals surface area contributed by atoms with Crippen molar-refractivity contribution in [3.05, 3.63) is 0 Å². The third-order valence-electron chi connectivity index (χ3n) is 3.91. The first-order chi connectivity index (χ1) is 9.35. The molecule has 0 aliphatic carbocycles. The number of hydrogen-bond donors (Lipinski definition) is 1. The molecule has 0 aromatic rings. The van der Waals surface area contributed by atoms with Gasteiger partial charge >= 0.3 is 0 Å². The van der Waals surface area contributed by atoms with E-state index in [1.165, 1.54) is 6.26 Å². The summed E-state index contributed by atoms with van der Waals surface area (Å²) in [5, 5.41) is 3.56. The first-order valence-corrected chi connectivity index (χ1v) is 9.96. The Balaban J connectivity index is 4.80. The molecule has 0 aliphatic heterocycles. The van der Waals surface area contributed by atoms with Crippen LogP contribution in [0.15, 0.2) is 0 Å². The van der Waals surface area contributed by atoms with Crippen molar-refractivity contribution in [3.8, 4) is 0 Å². The van der Waals surface area contributed by atoms with E-state index in [1.54, 1.807) is 0 Å². The van der Waals surface area contributed by atoms with Gasteiger partial charge in [0.25, 0.3) is 0 Å². The van der Waals surface area contributed by atoms with Crippen molar-refractivity contribution in [1.29, 1.82) is 0 Å². The number of ether oxygens (including phenoxy) is 1. The molecule has 0 saturated carbocycles. The van der Waals surface area contributed by atoms with E-state index in [2.05, 4.69) is 26.1 Å². The van der Waals surface area contributed by atoms with Gasteiger partial charge in [-0.25, -0.2) is 8.42 Å². The molecular weight excluding hydrogens is 274 g/mol. The molecule has 0 radical (unpaired) electrons. The molecule has 0 bridgehead atoms. The van der Waals surface area contributed by atoms with Crippen LogP contribution in [0, 0.1) is 0 Å². The molecule has 1 N–H and O–H groups in total. The lowest BCUT2D eigenvalue weighted by Crippen LogP contribution is -2.52. The molecule has 20 heavy (non-hydrogen) atoms. The highest BCUT2D eigenvalue weighted by Crippen LogP contribution is 2.28. The van der Waals surface area contributed by atoms with Gasteiger partial charge < -0.3 is 10.1 Å². The van der Waals surface area contributed by atoms with Crippen molar-refractivity contribution < 1.29 is 13.2 Å². The van der Waals surface area contributed by atoms with E-state index >= 15 is 0 Å². The maximum atomic E-state index is 11.3. The Bertz CT molecular complexity index is 337. The van der Waals surface area contributed by atoms with E-state index in [9.17, 15) is 8.42 Å². The van der Waals surface area contributed by atoms with Crippen LogP contribution in [-0.2, 0) is 14.6 Å². The molecule has 122 valence electrons. The Morgan fingerprint density at radius 2 is 1.75 bits per heavy atom. The summed E-state index contributed by atoms with van der Waals surface area (Å²) < 4.78 is 28.6. The van der Waals surface area contributed by atoms with Crippen LogP contribution in [0.2, 0.25) is 0 Å². The summed E-state index contributed by atoms with van der Waals surface area (Å²) in [6, 6.07) is 0.221. The second-order valence-corrected chi connectivity index (χ2v) is 7.74. The SMILES string of the molecule is CCCNC(CCCS(C)(=O)=O)C(CC)(CC)OCC. The summed E-state index contributed by atoms with van der Waals surface area (Å²) in [6.07, 6.45) is 5.79. The van der Waals surface area contributed by atoms with Crippen molar-refractivity contribution >= 4 is 9.84 Å². The molecular formula is C15H33NO3S. The summed E-state index contributed by atoms with van der Waals surface area (Å²) in [5.41, 5.74) is -0.179. The second-order valence-electron chi connectivity index (χ2n) is 5.48. The number of sulfone groups is 1. The topological polar surface area (TPSA) is 55.4 Å². The lowest BCUT2D eigenvalue weighted by Gasteiger charge is -2.40. The maximum Gasteiger partial charge on any atom is 0.147 e. The largest absolute Gasteiger partial charge is 0.374 e. The molecule has 1 atom stereocenters. The van der Waals surface area contributed by atoms with Gasteiger partial charge in [0.05, 0.1) is 5.60 Å². The summed E-state index contributed by atoms with van der Waals surface area (Å²) in [7, 11) is -2.88. The molecule has 1 unspecified atom stereocenters. The molecule has 0 saturated heterocycles. The second kappa shape index (κ2) is 9.74. The molecule has 0 aromatic heterocycles. The molecule has 0 spiro atoms. The Morgan fingerprint density at radius 3 is 2.15 bits per heavy atom. The van der Waals surface area contributed by atoms with Crippen molar-refractivity contribution in [1.82, 2.24) is 5.32 Å². The fourth-order valence-corrected chi connectivity index (χ4v) is 3.45. The molecule has 0 aromatic carbocycles. The molecule has 4 nitrogen and oxygen atoms in total. The lowest BCUT2D eigenvalue weighted by molar-refractivity contribution is -0.0737. The minimum absolute atomic E-state index is 0.179. The van der Waals surface area contributed by atoms with Crippen LogP contribution >= 0.6 is 0 Å². The quantitative estimate of drug-likeness (QED) is 0.602. The minimum atomic E-state index is -2.88. The Hall–Kier alpha value is -0.130.